The van der Waals surface area contributed by atoms with Gasteiger partial charge in [0.2, 0.25) is 11.7 Å². The Kier molecular flexibility index (Phi) is 7.33. The van der Waals surface area contributed by atoms with Gasteiger partial charge in [-0.25, -0.2) is 24.3 Å². The molecule has 4 aromatic rings. The Morgan fingerprint density at radius 1 is 1.13 bits per heavy atom. The van der Waals surface area contributed by atoms with Crippen LogP contribution in [0, 0.1) is 5.41 Å². The Hall–Kier alpha value is -4.26. The van der Waals surface area contributed by atoms with Crippen molar-refractivity contribution in [2.45, 2.75) is 38.0 Å². The Morgan fingerprint density at radius 2 is 1.90 bits per heavy atom. The second-order valence-electron chi connectivity index (χ2n) is 9.03. The van der Waals surface area contributed by atoms with Gasteiger partial charge in [0.05, 0.1) is 24.9 Å². The molecular formula is C26H25F4N8O+. The Balaban J connectivity index is 1.39. The monoisotopic (exact) mass is 541 g/mol. The molecule has 1 aliphatic carbocycles. The van der Waals surface area contributed by atoms with E-state index in [1.807, 2.05) is 5.32 Å². The molecule has 0 spiro atoms. The molecule has 1 aromatic carbocycles. The van der Waals surface area contributed by atoms with Gasteiger partial charge in [0.15, 0.2) is 11.5 Å². The van der Waals surface area contributed by atoms with Crippen molar-refractivity contribution in [1.82, 2.24) is 29.5 Å². The lowest BCUT2D eigenvalue weighted by molar-refractivity contribution is -0.592. The zero-order valence-electron chi connectivity index (χ0n) is 20.9. The summed E-state index contributed by atoms with van der Waals surface area (Å²) in [7, 11) is 1.53. The van der Waals surface area contributed by atoms with Gasteiger partial charge in [-0.3, -0.25) is 5.32 Å². The van der Waals surface area contributed by atoms with E-state index in [1.165, 1.54) is 24.2 Å². The first-order valence-electron chi connectivity index (χ1n) is 12.2. The van der Waals surface area contributed by atoms with E-state index in [9.17, 15) is 17.6 Å². The van der Waals surface area contributed by atoms with Gasteiger partial charge in [-0.15, -0.1) is 0 Å². The summed E-state index contributed by atoms with van der Waals surface area (Å²) in [4.78, 5) is 21.5. The van der Waals surface area contributed by atoms with Crippen molar-refractivity contribution in [3.05, 3.63) is 65.5 Å². The zero-order chi connectivity index (χ0) is 27.6. The fraction of sp³-hybridized carbons (Fsp3) is 0.308. The van der Waals surface area contributed by atoms with Crippen molar-refractivity contribution in [3.63, 3.8) is 0 Å². The van der Waals surface area contributed by atoms with E-state index >= 15 is 0 Å². The SMILES string of the molecule is COc1ncnc(C2CC2)c1-c1ncc(C=N)c([NH2+]Cc2ccc(-c3nc(C(F)(F)F)cn3CCF)cc2)n1. The molecule has 0 radical (unpaired) electrons. The maximum atomic E-state index is 13.2. The molecule has 0 saturated heterocycles. The molecule has 13 heteroatoms. The molecule has 3 heterocycles. The van der Waals surface area contributed by atoms with Crippen LogP contribution in [0.2, 0.25) is 0 Å². The Labute approximate surface area is 220 Å². The Morgan fingerprint density at radius 3 is 2.54 bits per heavy atom. The summed E-state index contributed by atoms with van der Waals surface area (Å²) in [5.41, 5.74) is 2.23. The van der Waals surface area contributed by atoms with Crippen LogP contribution in [0.1, 0.15) is 41.3 Å². The zero-order valence-corrected chi connectivity index (χ0v) is 20.9. The predicted octanol–water partition coefficient (Wildman–Crippen LogP) is 4.06. The first kappa shape index (κ1) is 26.4. The third-order valence-electron chi connectivity index (χ3n) is 6.36. The smallest absolute Gasteiger partial charge is 0.434 e. The van der Waals surface area contributed by atoms with Crippen molar-refractivity contribution < 1.29 is 27.6 Å². The number of alkyl halides is 4. The number of nitrogens with one attached hydrogen (secondary N) is 1. The number of imidazole rings is 1. The van der Waals surface area contributed by atoms with Crippen LogP contribution in [0.3, 0.4) is 0 Å². The summed E-state index contributed by atoms with van der Waals surface area (Å²) < 4.78 is 59.0. The van der Waals surface area contributed by atoms with Gasteiger partial charge in [-0.1, -0.05) is 24.3 Å². The van der Waals surface area contributed by atoms with E-state index in [-0.39, 0.29) is 12.4 Å². The van der Waals surface area contributed by atoms with Crippen molar-refractivity contribution in [2.75, 3.05) is 13.8 Å². The molecule has 3 aromatic heterocycles. The molecule has 1 fully saturated rings. The molecule has 0 bridgehead atoms. The largest absolute Gasteiger partial charge is 0.480 e. The summed E-state index contributed by atoms with van der Waals surface area (Å²) in [6.45, 7) is -0.606. The average molecular weight is 542 g/mol. The van der Waals surface area contributed by atoms with Gasteiger partial charge >= 0.3 is 6.18 Å². The maximum Gasteiger partial charge on any atom is 0.434 e. The molecule has 1 aliphatic rings. The highest BCUT2D eigenvalue weighted by atomic mass is 19.4. The summed E-state index contributed by atoms with van der Waals surface area (Å²) in [6, 6.07) is 6.83. The van der Waals surface area contributed by atoms with Crippen LogP contribution in [0.4, 0.5) is 23.4 Å². The number of hydrogen-bond acceptors (Lipinski definition) is 7. The van der Waals surface area contributed by atoms with Gasteiger partial charge in [0.25, 0.3) is 0 Å². The standard InChI is InChI=1S/C26H24F4N8O/c1-39-25-20(21(16-6-7-16)34-14-35-25)23-33-12-18(10-31)22(37-23)32-11-15-2-4-17(5-3-15)24-36-19(26(28,29)30)13-38(24)9-8-27/h2-5,10,12-14,16,31H,6-9,11H2,1H3,(H,32,33,37)/p+1. The number of aryl methyl sites for hydroxylation is 1. The van der Waals surface area contributed by atoms with E-state index < -0.39 is 18.5 Å². The van der Waals surface area contributed by atoms with Gasteiger partial charge < -0.3 is 14.7 Å². The minimum atomic E-state index is -4.62. The number of quaternary nitrogens is 1. The van der Waals surface area contributed by atoms with Crippen molar-refractivity contribution in [1.29, 1.82) is 5.41 Å². The van der Waals surface area contributed by atoms with Crippen molar-refractivity contribution >= 4 is 12.0 Å². The molecule has 0 amide bonds. The molecule has 202 valence electrons. The topological polar surface area (TPSA) is 119 Å². The van der Waals surface area contributed by atoms with E-state index in [1.54, 1.807) is 30.5 Å². The summed E-state index contributed by atoms with van der Waals surface area (Å²) >= 11 is 0. The van der Waals surface area contributed by atoms with Crippen LogP contribution < -0.4 is 10.1 Å². The summed E-state index contributed by atoms with van der Waals surface area (Å²) in [5.74, 6) is 1.69. The molecule has 0 aliphatic heterocycles. The van der Waals surface area contributed by atoms with E-state index in [0.29, 0.717) is 46.7 Å². The molecule has 9 nitrogen and oxygen atoms in total. The lowest BCUT2D eigenvalue weighted by Crippen LogP contribution is -2.77. The number of nitrogens with zero attached hydrogens (tertiary/aromatic N) is 6. The summed E-state index contributed by atoms with van der Waals surface area (Å²) in [5, 5.41) is 9.62. The highest BCUT2D eigenvalue weighted by Gasteiger charge is 2.35. The molecule has 3 N–H and O–H groups in total. The normalized spacial score (nSPS) is 13.5. The van der Waals surface area contributed by atoms with Gasteiger partial charge in [0, 0.05) is 35.7 Å². The first-order valence-corrected chi connectivity index (χ1v) is 12.2. The first-order chi connectivity index (χ1) is 18.8. The number of aromatic nitrogens is 6. The Bertz CT molecular complexity index is 1480. The van der Waals surface area contributed by atoms with E-state index in [0.717, 1.165) is 30.3 Å². The third-order valence-corrected chi connectivity index (χ3v) is 6.36. The quantitative estimate of drug-likeness (QED) is 0.231. The lowest BCUT2D eigenvalue weighted by atomic mass is 10.1. The molecule has 0 atom stereocenters. The second kappa shape index (κ2) is 10.8. The fourth-order valence-corrected chi connectivity index (χ4v) is 4.26. The molecular weight excluding hydrogens is 516 g/mol. The van der Waals surface area contributed by atoms with Gasteiger partial charge in [-0.2, -0.15) is 18.2 Å². The highest BCUT2D eigenvalue weighted by Crippen LogP contribution is 2.44. The number of hydrogen-bond donors (Lipinski definition) is 2. The number of halogens is 4. The maximum absolute atomic E-state index is 13.2. The third kappa shape index (κ3) is 5.62. The van der Waals surface area contributed by atoms with E-state index in [4.69, 9.17) is 15.1 Å². The fourth-order valence-electron chi connectivity index (χ4n) is 4.26. The van der Waals surface area contributed by atoms with Crippen LogP contribution in [0.15, 0.2) is 43.0 Å². The van der Waals surface area contributed by atoms with Crippen LogP contribution >= 0.6 is 0 Å². The van der Waals surface area contributed by atoms with Gasteiger partial charge in [0.1, 0.15) is 30.9 Å². The van der Waals surface area contributed by atoms with Crippen LogP contribution in [0.5, 0.6) is 5.88 Å². The molecule has 1 saturated carbocycles. The second-order valence-corrected chi connectivity index (χ2v) is 9.03. The predicted molar refractivity (Wildman–Crippen MR) is 133 cm³/mol. The molecule has 5 rings (SSSR count). The van der Waals surface area contributed by atoms with Crippen LogP contribution in [0.25, 0.3) is 22.8 Å². The van der Waals surface area contributed by atoms with Crippen LogP contribution in [-0.2, 0) is 19.3 Å². The number of methoxy groups -OCH3 is 1. The van der Waals surface area contributed by atoms with Gasteiger partial charge in [-0.05, 0) is 12.8 Å². The highest BCUT2D eigenvalue weighted by molar-refractivity contribution is 5.82. The number of rotatable bonds is 10. The van der Waals surface area contributed by atoms with Crippen LogP contribution in [-0.4, -0.2) is 49.5 Å². The van der Waals surface area contributed by atoms with E-state index in [2.05, 4.69) is 19.9 Å². The number of ether oxygens (including phenoxy) is 1. The number of benzene rings is 1. The minimum absolute atomic E-state index is 0.0486. The van der Waals surface area contributed by atoms with Crippen molar-refractivity contribution in [3.8, 4) is 28.7 Å². The average Bonchev–Trinajstić information content (AvgIpc) is 3.70. The van der Waals surface area contributed by atoms with Crippen molar-refractivity contribution in [2.24, 2.45) is 0 Å². The molecule has 39 heavy (non-hydrogen) atoms. The molecule has 0 unspecified atom stereocenters. The summed E-state index contributed by atoms with van der Waals surface area (Å²) in [6.07, 6.45) is 2.44. The number of nitrogens with two attached hydrogens (primary N) is 1. The lowest BCUT2D eigenvalue weighted by Gasteiger charge is -2.11. The minimum Gasteiger partial charge on any atom is -0.480 e.